The lowest BCUT2D eigenvalue weighted by Crippen LogP contribution is -2.41. The van der Waals surface area contributed by atoms with Crippen LogP contribution < -0.4 is 5.32 Å². The molecule has 5 heteroatoms. The number of amides is 2. The average Bonchev–Trinajstić information content (AvgIpc) is 3.06. The summed E-state index contributed by atoms with van der Waals surface area (Å²) in [5, 5.41) is 3.04. The lowest BCUT2D eigenvalue weighted by Gasteiger charge is -2.33. The molecule has 1 aromatic carbocycles. The van der Waals surface area contributed by atoms with Gasteiger partial charge in [-0.2, -0.15) is 0 Å². The van der Waals surface area contributed by atoms with E-state index < -0.39 is 0 Å². The van der Waals surface area contributed by atoms with E-state index in [0.717, 1.165) is 52.0 Å². The van der Waals surface area contributed by atoms with Crippen LogP contribution in [0.3, 0.4) is 0 Å². The second kappa shape index (κ2) is 8.68. The van der Waals surface area contributed by atoms with Crippen molar-refractivity contribution in [2.75, 3.05) is 39.5 Å². The first-order valence-corrected chi connectivity index (χ1v) is 9.46. The molecule has 2 fully saturated rings. The van der Waals surface area contributed by atoms with Gasteiger partial charge in [0.05, 0.1) is 6.10 Å². The predicted molar refractivity (Wildman–Crippen MR) is 97.5 cm³/mol. The number of carbonyl (C=O) groups excluding carboxylic acids is 1. The van der Waals surface area contributed by atoms with Gasteiger partial charge in [0.1, 0.15) is 0 Å². The summed E-state index contributed by atoms with van der Waals surface area (Å²) in [6.45, 7) is 6.80. The van der Waals surface area contributed by atoms with E-state index >= 15 is 0 Å². The first kappa shape index (κ1) is 18.2. The Morgan fingerprint density at radius 2 is 2.04 bits per heavy atom. The van der Waals surface area contributed by atoms with Gasteiger partial charge in [-0.1, -0.05) is 30.3 Å². The quantitative estimate of drug-likeness (QED) is 0.804. The number of carbonyl (C=O) groups is 1. The Balaban J connectivity index is 1.31. The van der Waals surface area contributed by atoms with Gasteiger partial charge in [0.25, 0.3) is 0 Å². The van der Waals surface area contributed by atoms with Crippen molar-refractivity contribution in [3.05, 3.63) is 35.9 Å². The van der Waals surface area contributed by atoms with Crippen molar-refractivity contribution in [3.63, 3.8) is 0 Å². The molecule has 2 amide bonds. The number of ether oxygens (including phenoxy) is 2. The Morgan fingerprint density at radius 3 is 2.80 bits per heavy atom. The largest absolute Gasteiger partial charge is 0.381 e. The summed E-state index contributed by atoms with van der Waals surface area (Å²) >= 11 is 0. The maximum Gasteiger partial charge on any atom is 0.317 e. The Kier molecular flexibility index (Phi) is 6.32. The molecule has 1 N–H and O–H groups in total. The molecule has 5 nitrogen and oxygen atoms in total. The van der Waals surface area contributed by atoms with Gasteiger partial charge in [-0.25, -0.2) is 4.79 Å². The molecular weight excluding hydrogens is 316 g/mol. The minimum absolute atomic E-state index is 0.0690. The third-order valence-corrected chi connectivity index (χ3v) is 5.51. The Labute approximate surface area is 150 Å². The summed E-state index contributed by atoms with van der Waals surface area (Å²) in [6.07, 6.45) is 4.20. The molecule has 2 heterocycles. The van der Waals surface area contributed by atoms with Crippen LogP contribution in [0, 0.1) is 5.41 Å². The van der Waals surface area contributed by atoms with Gasteiger partial charge in [0.15, 0.2) is 0 Å². The van der Waals surface area contributed by atoms with Gasteiger partial charge in [-0.15, -0.1) is 0 Å². The Bertz CT molecular complexity index is 543. The van der Waals surface area contributed by atoms with Gasteiger partial charge in [-0.3, -0.25) is 0 Å². The lowest BCUT2D eigenvalue weighted by atomic mass is 9.80. The topological polar surface area (TPSA) is 50.8 Å². The van der Waals surface area contributed by atoms with Crippen molar-refractivity contribution in [1.82, 2.24) is 10.2 Å². The van der Waals surface area contributed by atoms with E-state index in [-0.39, 0.29) is 12.1 Å². The highest BCUT2D eigenvalue weighted by Crippen LogP contribution is 2.39. The molecule has 0 saturated carbocycles. The smallest absolute Gasteiger partial charge is 0.317 e. The summed E-state index contributed by atoms with van der Waals surface area (Å²) < 4.78 is 11.3. The molecule has 1 aromatic rings. The number of benzene rings is 1. The van der Waals surface area contributed by atoms with Crippen LogP contribution in [0.25, 0.3) is 0 Å². The standard InChI is InChI=1S/C20H30N2O3/c1-17(18-6-3-2-4-7-18)25-13-5-11-21-19(23)22-12-8-20(16-22)9-14-24-15-10-20/h2-4,6-7,17H,5,8-16H2,1H3,(H,21,23). The molecule has 2 aliphatic rings. The van der Waals surface area contributed by atoms with Gasteiger partial charge in [0.2, 0.25) is 0 Å². The molecule has 1 unspecified atom stereocenters. The second-order valence-corrected chi connectivity index (χ2v) is 7.29. The summed E-state index contributed by atoms with van der Waals surface area (Å²) in [7, 11) is 0. The zero-order chi connectivity index (χ0) is 17.5. The number of nitrogens with zero attached hydrogens (tertiary/aromatic N) is 1. The average molecular weight is 346 g/mol. The fraction of sp³-hybridized carbons (Fsp3) is 0.650. The van der Waals surface area contributed by atoms with Crippen LogP contribution in [0.1, 0.15) is 44.3 Å². The van der Waals surface area contributed by atoms with E-state index in [0.29, 0.717) is 18.6 Å². The SMILES string of the molecule is CC(OCCCNC(=O)N1CCC2(CCOCC2)C1)c1ccccc1. The van der Waals surface area contributed by atoms with Crippen molar-refractivity contribution in [3.8, 4) is 0 Å². The van der Waals surface area contributed by atoms with Gasteiger partial charge in [-0.05, 0) is 43.6 Å². The van der Waals surface area contributed by atoms with Crippen molar-refractivity contribution >= 4 is 6.03 Å². The van der Waals surface area contributed by atoms with Gasteiger partial charge >= 0.3 is 6.03 Å². The van der Waals surface area contributed by atoms with E-state index in [1.807, 2.05) is 23.1 Å². The molecule has 1 atom stereocenters. The molecule has 138 valence electrons. The Morgan fingerprint density at radius 1 is 1.28 bits per heavy atom. The number of hydrogen-bond acceptors (Lipinski definition) is 3. The van der Waals surface area contributed by atoms with Crippen LogP contribution in [-0.2, 0) is 9.47 Å². The molecule has 3 rings (SSSR count). The fourth-order valence-corrected chi connectivity index (χ4v) is 3.78. The van der Waals surface area contributed by atoms with Crippen LogP contribution in [0.2, 0.25) is 0 Å². The number of hydrogen-bond donors (Lipinski definition) is 1. The summed E-state index contributed by atoms with van der Waals surface area (Å²) in [4.78, 5) is 14.3. The zero-order valence-electron chi connectivity index (χ0n) is 15.2. The summed E-state index contributed by atoms with van der Waals surface area (Å²) in [5.74, 6) is 0. The van der Waals surface area contributed by atoms with E-state index in [1.165, 1.54) is 5.56 Å². The number of likely N-dealkylation sites (tertiary alicyclic amines) is 1. The molecule has 2 saturated heterocycles. The normalized spacial score (nSPS) is 20.6. The lowest BCUT2D eigenvalue weighted by molar-refractivity contribution is 0.0208. The molecule has 0 aromatic heterocycles. The van der Waals surface area contributed by atoms with E-state index in [9.17, 15) is 4.79 Å². The first-order chi connectivity index (χ1) is 12.2. The van der Waals surface area contributed by atoms with Crippen LogP contribution in [0.4, 0.5) is 4.79 Å². The van der Waals surface area contributed by atoms with Gasteiger partial charge in [0, 0.05) is 39.5 Å². The highest BCUT2D eigenvalue weighted by Gasteiger charge is 2.40. The number of nitrogens with one attached hydrogen (secondary N) is 1. The molecule has 2 aliphatic heterocycles. The Hall–Kier alpha value is -1.59. The van der Waals surface area contributed by atoms with E-state index in [2.05, 4.69) is 24.4 Å². The van der Waals surface area contributed by atoms with Crippen LogP contribution >= 0.6 is 0 Å². The summed E-state index contributed by atoms with van der Waals surface area (Å²) in [6, 6.07) is 10.3. The maximum atomic E-state index is 12.3. The third-order valence-electron chi connectivity index (χ3n) is 5.51. The molecule has 1 spiro atoms. The molecule has 25 heavy (non-hydrogen) atoms. The van der Waals surface area contributed by atoms with Crippen LogP contribution in [0.15, 0.2) is 30.3 Å². The van der Waals surface area contributed by atoms with Crippen LogP contribution in [-0.4, -0.2) is 50.4 Å². The fourth-order valence-electron chi connectivity index (χ4n) is 3.78. The van der Waals surface area contributed by atoms with Crippen LogP contribution in [0.5, 0.6) is 0 Å². The van der Waals surface area contributed by atoms with Crippen molar-refractivity contribution in [2.45, 2.75) is 38.7 Å². The number of rotatable bonds is 6. The summed E-state index contributed by atoms with van der Waals surface area (Å²) in [5.41, 5.74) is 1.49. The van der Waals surface area contributed by atoms with Crippen molar-refractivity contribution < 1.29 is 14.3 Å². The first-order valence-electron chi connectivity index (χ1n) is 9.46. The van der Waals surface area contributed by atoms with Gasteiger partial charge < -0.3 is 19.7 Å². The second-order valence-electron chi connectivity index (χ2n) is 7.29. The van der Waals surface area contributed by atoms with Crippen molar-refractivity contribution in [1.29, 1.82) is 0 Å². The monoisotopic (exact) mass is 346 g/mol. The number of urea groups is 1. The minimum atomic E-state index is 0.0690. The molecule has 0 aliphatic carbocycles. The van der Waals surface area contributed by atoms with Crippen molar-refractivity contribution in [2.24, 2.45) is 5.41 Å². The third kappa shape index (κ3) is 4.95. The molecule has 0 bridgehead atoms. The highest BCUT2D eigenvalue weighted by molar-refractivity contribution is 5.74. The van der Waals surface area contributed by atoms with E-state index in [4.69, 9.17) is 9.47 Å². The highest BCUT2D eigenvalue weighted by atomic mass is 16.5. The van der Waals surface area contributed by atoms with E-state index in [1.54, 1.807) is 0 Å². The zero-order valence-corrected chi connectivity index (χ0v) is 15.2. The molecule has 0 radical (unpaired) electrons. The maximum absolute atomic E-state index is 12.3. The minimum Gasteiger partial charge on any atom is -0.381 e. The predicted octanol–water partition coefficient (Wildman–Crippen LogP) is 3.37. The molecular formula is C20H30N2O3.